The number of likely N-dealkylation sites (N-methyl/N-ethyl adjacent to an activating group) is 1. The average Bonchev–Trinajstić information content (AvgIpc) is 2.70. The minimum Gasteiger partial charge on any atom is -0.325 e. The molecule has 0 aliphatic heterocycles. The number of carbonyl (C=O) groups is 2. The molecule has 3 aromatic rings. The summed E-state index contributed by atoms with van der Waals surface area (Å²) in [5, 5.41) is 5.37. The van der Waals surface area contributed by atoms with Crippen LogP contribution < -0.4 is 10.6 Å². The summed E-state index contributed by atoms with van der Waals surface area (Å²) in [5.41, 5.74) is 1.47. The Labute approximate surface area is 173 Å². The van der Waals surface area contributed by atoms with Crippen molar-refractivity contribution in [2.45, 2.75) is 6.04 Å². The Bertz CT molecular complexity index is 1010. The summed E-state index contributed by atoms with van der Waals surface area (Å²) >= 11 is 0. The molecule has 2 amide bonds. The molecular weight excluding hydrogens is 388 g/mol. The predicted octanol–water partition coefficient (Wildman–Crippen LogP) is 4.22. The number of hydrogen-bond acceptors (Lipinski definition) is 3. The van der Waals surface area contributed by atoms with E-state index in [1.165, 1.54) is 42.5 Å². The fraction of sp³-hybridized carbons (Fsp3) is 0.130. The third-order valence-corrected chi connectivity index (χ3v) is 4.42. The molecule has 0 aliphatic carbocycles. The van der Waals surface area contributed by atoms with Gasteiger partial charge < -0.3 is 10.6 Å². The largest absolute Gasteiger partial charge is 0.325 e. The van der Waals surface area contributed by atoms with Gasteiger partial charge in [0.15, 0.2) is 0 Å². The van der Waals surface area contributed by atoms with Crippen molar-refractivity contribution in [3.63, 3.8) is 0 Å². The van der Waals surface area contributed by atoms with Gasteiger partial charge >= 0.3 is 0 Å². The highest BCUT2D eigenvalue weighted by atomic mass is 19.1. The Morgan fingerprint density at radius 2 is 1.53 bits per heavy atom. The first-order valence-electron chi connectivity index (χ1n) is 9.29. The van der Waals surface area contributed by atoms with Crippen LogP contribution in [0.4, 0.5) is 20.2 Å². The van der Waals surface area contributed by atoms with E-state index in [2.05, 4.69) is 10.6 Å². The zero-order chi connectivity index (χ0) is 21.5. The number of rotatable bonds is 7. The summed E-state index contributed by atoms with van der Waals surface area (Å²) < 4.78 is 26.5. The van der Waals surface area contributed by atoms with Crippen LogP contribution in [0.15, 0.2) is 78.9 Å². The third kappa shape index (κ3) is 5.71. The van der Waals surface area contributed by atoms with Gasteiger partial charge in [-0.2, -0.15) is 0 Å². The minimum absolute atomic E-state index is 0.104. The molecule has 0 aliphatic rings. The molecule has 154 valence electrons. The Morgan fingerprint density at radius 3 is 2.20 bits per heavy atom. The van der Waals surface area contributed by atoms with Gasteiger partial charge in [0.05, 0.1) is 6.54 Å². The van der Waals surface area contributed by atoms with E-state index in [4.69, 9.17) is 0 Å². The van der Waals surface area contributed by atoms with Gasteiger partial charge in [0, 0.05) is 11.4 Å². The molecule has 0 aromatic heterocycles. The maximum atomic E-state index is 13.3. The fourth-order valence-corrected chi connectivity index (χ4v) is 3.07. The number of anilines is 2. The third-order valence-electron chi connectivity index (χ3n) is 4.42. The van der Waals surface area contributed by atoms with E-state index in [-0.39, 0.29) is 12.5 Å². The zero-order valence-electron chi connectivity index (χ0n) is 16.3. The lowest BCUT2D eigenvalue weighted by Gasteiger charge is -2.27. The number of nitrogens with zero attached hydrogens (tertiary/aromatic N) is 1. The molecule has 1 atom stereocenters. The highest BCUT2D eigenvalue weighted by molar-refractivity contribution is 5.97. The number of amides is 2. The molecule has 2 N–H and O–H groups in total. The van der Waals surface area contributed by atoms with E-state index in [0.29, 0.717) is 16.9 Å². The molecule has 0 heterocycles. The van der Waals surface area contributed by atoms with Crippen LogP contribution in [0.1, 0.15) is 11.6 Å². The zero-order valence-corrected chi connectivity index (χ0v) is 16.3. The summed E-state index contributed by atoms with van der Waals surface area (Å²) in [7, 11) is 1.65. The average molecular weight is 409 g/mol. The summed E-state index contributed by atoms with van der Waals surface area (Å²) in [6, 6.07) is 19.2. The molecule has 0 saturated heterocycles. The standard InChI is InChI=1S/C23H21F2N3O2/c1-28(15-21(29)26-20-9-5-8-18(25)14-20)22(16-6-3-2-4-7-16)23(30)27-19-12-10-17(24)11-13-19/h2-14,22H,15H2,1H3,(H,26,29)(H,27,30)/t22-/m1/s1. The van der Waals surface area contributed by atoms with Crippen LogP contribution in [-0.2, 0) is 9.59 Å². The van der Waals surface area contributed by atoms with E-state index in [1.54, 1.807) is 42.3 Å². The van der Waals surface area contributed by atoms with E-state index in [0.717, 1.165) is 0 Å². The van der Waals surface area contributed by atoms with Crippen molar-refractivity contribution < 1.29 is 18.4 Å². The van der Waals surface area contributed by atoms with Gasteiger partial charge in [-0.3, -0.25) is 14.5 Å². The van der Waals surface area contributed by atoms with Crippen molar-refractivity contribution in [1.82, 2.24) is 4.90 Å². The second-order valence-corrected chi connectivity index (χ2v) is 6.78. The van der Waals surface area contributed by atoms with Crippen molar-refractivity contribution in [3.05, 3.63) is 96.1 Å². The topological polar surface area (TPSA) is 61.4 Å². The lowest BCUT2D eigenvalue weighted by Crippen LogP contribution is -2.39. The van der Waals surface area contributed by atoms with Crippen molar-refractivity contribution in [2.24, 2.45) is 0 Å². The quantitative estimate of drug-likeness (QED) is 0.614. The first kappa shape index (κ1) is 21.1. The van der Waals surface area contributed by atoms with Crippen LogP contribution in [0.5, 0.6) is 0 Å². The van der Waals surface area contributed by atoms with Crippen molar-refractivity contribution in [2.75, 3.05) is 24.2 Å². The van der Waals surface area contributed by atoms with Crippen LogP contribution in [0.3, 0.4) is 0 Å². The summed E-state index contributed by atoms with van der Waals surface area (Å²) in [6.45, 7) is -0.104. The molecule has 5 nitrogen and oxygen atoms in total. The summed E-state index contributed by atoms with van der Waals surface area (Å²) in [4.78, 5) is 27.0. The predicted molar refractivity (Wildman–Crippen MR) is 112 cm³/mol. The second kappa shape index (κ2) is 9.76. The summed E-state index contributed by atoms with van der Waals surface area (Å²) in [6.07, 6.45) is 0. The van der Waals surface area contributed by atoms with Gasteiger partial charge in [-0.25, -0.2) is 8.78 Å². The van der Waals surface area contributed by atoms with Crippen molar-refractivity contribution >= 4 is 23.2 Å². The molecule has 3 aromatic carbocycles. The molecule has 0 unspecified atom stereocenters. The highest BCUT2D eigenvalue weighted by Crippen LogP contribution is 2.22. The van der Waals surface area contributed by atoms with Crippen LogP contribution in [-0.4, -0.2) is 30.3 Å². The summed E-state index contributed by atoms with van der Waals surface area (Å²) in [5.74, 6) is -1.62. The Kier molecular flexibility index (Phi) is 6.87. The Balaban J connectivity index is 1.75. The monoisotopic (exact) mass is 409 g/mol. The van der Waals surface area contributed by atoms with Crippen LogP contribution >= 0.6 is 0 Å². The van der Waals surface area contributed by atoms with Gasteiger partial charge in [0.25, 0.3) is 0 Å². The normalized spacial score (nSPS) is 11.7. The molecule has 3 rings (SSSR count). The van der Waals surface area contributed by atoms with E-state index in [1.807, 2.05) is 6.07 Å². The van der Waals surface area contributed by atoms with E-state index < -0.39 is 23.6 Å². The maximum Gasteiger partial charge on any atom is 0.246 e. The first-order valence-corrected chi connectivity index (χ1v) is 9.29. The first-order chi connectivity index (χ1) is 14.4. The van der Waals surface area contributed by atoms with Gasteiger partial charge in [0.1, 0.15) is 17.7 Å². The highest BCUT2D eigenvalue weighted by Gasteiger charge is 2.26. The molecule has 7 heteroatoms. The van der Waals surface area contributed by atoms with E-state index >= 15 is 0 Å². The fourth-order valence-electron chi connectivity index (χ4n) is 3.07. The Morgan fingerprint density at radius 1 is 0.833 bits per heavy atom. The SMILES string of the molecule is CN(CC(=O)Nc1cccc(F)c1)[C@@H](C(=O)Nc1ccc(F)cc1)c1ccccc1. The minimum atomic E-state index is -0.769. The van der Waals surface area contributed by atoms with Gasteiger partial charge in [0.2, 0.25) is 11.8 Å². The van der Waals surface area contributed by atoms with Crippen LogP contribution in [0.25, 0.3) is 0 Å². The van der Waals surface area contributed by atoms with Gasteiger partial charge in [-0.1, -0.05) is 36.4 Å². The number of carbonyl (C=O) groups excluding carboxylic acids is 2. The van der Waals surface area contributed by atoms with Crippen LogP contribution in [0.2, 0.25) is 0 Å². The number of hydrogen-bond donors (Lipinski definition) is 2. The molecular formula is C23H21F2N3O2. The van der Waals surface area contributed by atoms with Crippen molar-refractivity contribution in [3.8, 4) is 0 Å². The number of halogens is 2. The molecule has 0 fully saturated rings. The molecule has 0 spiro atoms. The second-order valence-electron chi connectivity index (χ2n) is 6.78. The lowest BCUT2D eigenvalue weighted by atomic mass is 10.0. The van der Waals surface area contributed by atoms with E-state index in [9.17, 15) is 18.4 Å². The molecule has 0 saturated carbocycles. The Hall–Kier alpha value is -3.58. The lowest BCUT2D eigenvalue weighted by molar-refractivity contribution is -0.123. The van der Waals surface area contributed by atoms with Gasteiger partial charge in [-0.05, 0) is 55.1 Å². The molecule has 0 bridgehead atoms. The molecule has 0 radical (unpaired) electrons. The van der Waals surface area contributed by atoms with Crippen LogP contribution in [0, 0.1) is 11.6 Å². The number of benzene rings is 3. The maximum absolute atomic E-state index is 13.3. The van der Waals surface area contributed by atoms with Gasteiger partial charge in [-0.15, -0.1) is 0 Å². The molecule has 30 heavy (non-hydrogen) atoms. The smallest absolute Gasteiger partial charge is 0.246 e. The number of nitrogens with one attached hydrogen (secondary N) is 2. The van der Waals surface area contributed by atoms with Crippen molar-refractivity contribution in [1.29, 1.82) is 0 Å².